The van der Waals surface area contributed by atoms with Crippen LogP contribution in [-0.4, -0.2) is 149 Å². The van der Waals surface area contributed by atoms with Gasteiger partial charge in [-0.1, -0.05) is 6.07 Å². The third-order valence-corrected chi connectivity index (χ3v) is 16.7. The number of hydrogen-bond donors (Lipinski definition) is 4. The summed E-state index contributed by atoms with van der Waals surface area (Å²) in [5.41, 5.74) is 0.369. The molecule has 2 aromatic heterocycles. The molecule has 3 aromatic rings. The third kappa shape index (κ3) is 14.3. The van der Waals surface area contributed by atoms with Crippen molar-refractivity contribution in [3.8, 4) is 0 Å². The van der Waals surface area contributed by atoms with Gasteiger partial charge in [-0.15, -0.1) is 0 Å². The van der Waals surface area contributed by atoms with Crippen LogP contribution in [0.4, 0.5) is 19.0 Å². The highest BCUT2D eigenvalue weighted by Gasteiger charge is 2.45. The molecule has 6 atom stereocenters. The molecule has 17 nitrogen and oxygen atoms in total. The molecular formula is C55H77F3N10O7. The standard InChI is InChI=1S/C55H77F3N10O7/c1-34(2)66(3)41-18-20-47(68-24-21-45(54(68)73)64-51-42-27-39(55(56,57)58)15-19-44(42)61-33-62-51)46(28-41)65-52(71)37-13-16-40(17-14-37)63-48(69)8-6-25-74-31-35-9-11-36(12-10-35)32-75-26-23-60-53(72)43-29-49(70)67(4)50(43)38-7-5-22-59-30-38/h5,7,15,19,22,27,30,33-37,40-41,43,45-47,50H,6,8-14,16-18,20-21,23-26,28-29,31-32H2,1-4H3,(H,60,72)(H,63,69)(H,65,71)(H,61,62,64)/t35?,36?,37?,40?,41-,43+,45+,46-,47+,50-/m1/s1. The molecule has 410 valence electrons. The number of ether oxygens (including phenoxy) is 2. The number of amides is 5. The fourth-order valence-corrected chi connectivity index (χ4v) is 12.1. The Bertz CT molecular complexity index is 2420. The lowest BCUT2D eigenvalue weighted by atomic mass is 9.82. The number of fused-ring (bicyclic) bond motifs is 1. The molecule has 2 aliphatic heterocycles. The van der Waals surface area contributed by atoms with Gasteiger partial charge in [0.25, 0.3) is 0 Å². The molecular weight excluding hydrogens is 970 g/mol. The molecule has 3 aliphatic carbocycles. The molecule has 1 aromatic carbocycles. The summed E-state index contributed by atoms with van der Waals surface area (Å²) in [6.45, 7) is 7.37. The molecule has 75 heavy (non-hydrogen) atoms. The number of carbonyl (C=O) groups excluding carboxylic acids is 5. The number of benzene rings is 1. The maximum Gasteiger partial charge on any atom is 0.416 e. The van der Waals surface area contributed by atoms with Crippen LogP contribution in [0.25, 0.3) is 10.9 Å². The Labute approximate surface area is 438 Å². The van der Waals surface area contributed by atoms with Crippen molar-refractivity contribution in [1.82, 2.24) is 45.6 Å². The third-order valence-electron chi connectivity index (χ3n) is 16.7. The predicted molar refractivity (Wildman–Crippen MR) is 276 cm³/mol. The monoisotopic (exact) mass is 1050 g/mol. The number of rotatable bonds is 21. The number of anilines is 1. The molecule has 0 spiro atoms. The largest absolute Gasteiger partial charge is 0.416 e. The molecule has 5 aliphatic rings. The predicted octanol–water partition coefficient (Wildman–Crippen LogP) is 6.43. The minimum Gasteiger partial charge on any atom is -0.381 e. The highest BCUT2D eigenvalue weighted by atomic mass is 19.4. The first kappa shape index (κ1) is 55.8. The van der Waals surface area contributed by atoms with E-state index in [9.17, 15) is 37.1 Å². The highest BCUT2D eigenvalue weighted by molar-refractivity contribution is 5.93. The molecule has 4 N–H and O–H groups in total. The molecule has 8 rings (SSSR count). The van der Waals surface area contributed by atoms with Crippen LogP contribution >= 0.6 is 0 Å². The first-order chi connectivity index (χ1) is 36.0. The lowest BCUT2D eigenvalue weighted by molar-refractivity contribution is -0.137. The van der Waals surface area contributed by atoms with E-state index in [4.69, 9.17) is 9.47 Å². The van der Waals surface area contributed by atoms with Crippen LogP contribution < -0.4 is 21.3 Å². The fourth-order valence-electron chi connectivity index (χ4n) is 12.1. The van der Waals surface area contributed by atoms with Crippen molar-refractivity contribution < 1.29 is 46.6 Å². The maximum absolute atomic E-state index is 14.1. The Morgan fingerprint density at radius 3 is 2.31 bits per heavy atom. The average molecular weight is 1050 g/mol. The summed E-state index contributed by atoms with van der Waals surface area (Å²) < 4.78 is 52.8. The number of pyridine rings is 1. The Balaban J connectivity index is 0.702. The van der Waals surface area contributed by atoms with E-state index in [0.29, 0.717) is 121 Å². The summed E-state index contributed by atoms with van der Waals surface area (Å²) in [5, 5.41) is 12.9. The van der Waals surface area contributed by atoms with Crippen LogP contribution in [-0.2, 0) is 39.6 Å². The second-order valence-electron chi connectivity index (χ2n) is 22.0. The Morgan fingerprint density at radius 1 is 0.880 bits per heavy atom. The van der Waals surface area contributed by atoms with E-state index in [1.807, 2.05) is 17.0 Å². The molecule has 2 saturated heterocycles. The van der Waals surface area contributed by atoms with E-state index in [1.54, 1.807) is 24.3 Å². The van der Waals surface area contributed by atoms with Crippen LogP contribution in [0.1, 0.15) is 127 Å². The molecule has 4 heterocycles. The number of halogens is 3. The number of nitrogens with zero attached hydrogens (tertiary/aromatic N) is 6. The molecule has 0 unspecified atom stereocenters. The second-order valence-corrected chi connectivity index (χ2v) is 22.0. The van der Waals surface area contributed by atoms with Gasteiger partial charge in [-0.05, 0) is 146 Å². The van der Waals surface area contributed by atoms with Crippen LogP contribution in [0.3, 0.4) is 0 Å². The van der Waals surface area contributed by atoms with Crippen LogP contribution in [0.5, 0.6) is 0 Å². The van der Waals surface area contributed by atoms with Gasteiger partial charge in [0.2, 0.25) is 29.5 Å². The van der Waals surface area contributed by atoms with E-state index < -0.39 is 23.7 Å². The van der Waals surface area contributed by atoms with Crippen LogP contribution in [0, 0.1) is 23.7 Å². The lowest BCUT2D eigenvalue weighted by Gasteiger charge is -2.45. The van der Waals surface area contributed by atoms with E-state index in [2.05, 4.69) is 62.0 Å². The maximum atomic E-state index is 14.1. The van der Waals surface area contributed by atoms with Gasteiger partial charge in [-0.25, -0.2) is 9.97 Å². The summed E-state index contributed by atoms with van der Waals surface area (Å²) in [4.78, 5) is 84.9. The molecule has 5 fully saturated rings. The van der Waals surface area contributed by atoms with Crippen molar-refractivity contribution in [2.75, 3.05) is 58.9 Å². The minimum atomic E-state index is -4.54. The van der Waals surface area contributed by atoms with E-state index >= 15 is 0 Å². The number of likely N-dealkylation sites (tertiary alicyclic amines) is 2. The number of nitrogens with one attached hydrogen (secondary N) is 4. The van der Waals surface area contributed by atoms with Gasteiger partial charge in [0, 0.05) is 94.6 Å². The van der Waals surface area contributed by atoms with Gasteiger partial charge in [0.15, 0.2) is 0 Å². The first-order valence-corrected chi connectivity index (χ1v) is 27.3. The quantitative estimate of drug-likeness (QED) is 0.0854. The van der Waals surface area contributed by atoms with Crippen LogP contribution in [0.2, 0.25) is 0 Å². The number of carbonyl (C=O) groups is 5. The topological polar surface area (TPSA) is 200 Å². The Kier molecular flexibility index (Phi) is 19.0. The molecule has 0 radical (unpaired) electrons. The zero-order valence-corrected chi connectivity index (χ0v) is 44.0. The molecule has 5 amide bonds. The van der Waals surface area contributed by atoms with Crippen molar-refractivity contribution in [3.63, 3.8) is 0 Å². The average Bonchev–Trinajstić information content (AvgIpc) is 3.92. The zero-order chi connectivity index (χ0) is 53.2. The van der Waals surface area contributed by atoms with Gasteiger partial charge in [0.05, 0.1) is 41.7 Å². The normalized spacial score (nSPS) is 27.5. The first-order valence-electron chi connectivity index (χ1n) is 27.3. The Hall–Kier alpha value is -5.47. The summed E-state index contributed by atoms with van der Waals surface area (Å²) in [6.07, 6.45) is 10.9. The van der Waals surface area contributed by atoms with Crippen molar-refractivity contribution >= 4 is 46.3 Å². The zero-order valence-electron chi connectivity index (χ0n) is 44.0. The highest BCUT2D eigenvalue weighted by Crippen LogP contribution is 2.38. The minimum absolute atomic E-state index is 0.00222. The van der Waals surface area contributed by atoms with E-state index in [-0.39, 0.29) is 83.3 Å². The van der Waals surface area contributed by atoms with Gasteiger partial charge in [-0.2, -0.15) is 13.2 Å². The van der Waals surface area contributed by atoms with Gasteiger partial charge in [0.1, 0.15) is 18.2 Å². The van der Waals surface area contributed by atoms with Gasteiger partial charge in [-0.3, -0.25) is 29.0 Å². The van der Waals surface area contributed by atoms with Gasteiger partial charge < -0.3 is 45.4 Å². The van der Waals surface area contributed by atoms with Crippen molar-refractivity contribution in [2.24, 2.45) is 23.7 Å². The van der Waals surface area contributed by atoms with Gasteiger partial charge >= 0.3 is 6.18 Å². The summed E-state index contributed by atoms with van der Waals surface area (Å²) in [5.74, 6) is 0.0411. The van der Waals surface area contributed by atoms with Crippen molar-refractivity contribution in [2.45, 2.75) is 159 Å². The van der Waals surface area contributed by atoms with Crippen molar-refractivity contribution in [3.05, 3.63) is 60.2 Å². The molecule has 20 heteroatoms. The van der Waals surface area contributed by atoms with Crippen molar-refractivity contribution in [1.29, 1.82) is 0 Å². The number of alkyl halides is 3. The van der Waals surface area contributed by atoms with E-state index in [0.717, 1.165) is 49.8 Å². The second kappa shape index (κ2) is 25.6. The summed E-state index contributed by atoms with van der Waals surface area (Å²) in [6, 6.07) is 5.98. The molecule has 3 saturated carbocycles. The number of hydrogen-bond acceptors (Lipinski definition) is 12. The Morgan fingerprint density at radius 2 is 1.61 bits per heavy atom. The summed E-state index contributed by atoms with van der Waals surface area (Å²) >= 11 is 0. The molecule has 0 bridgehead atoms. The number of aromatic nitrogens is 3. The fraction of sp³-hybridized carbons (Fsp3) is 0.673. The SMILES string of the molecule is CC(C)N(C)[C@@H]1CC[C@H](N2CC[C@H](Nc3ncnc4ccc(C(F)(F)F)cc34)C2=O)[C@H](NC(=O)C2CCC(NC(=O)CCCOCC3CCC(COCCNC(=O)[C@H]4CC(=O)N(C)[C@@H]4c4cccnc4)CC3)CC2)C1. The lowest BCUT2D eigenvalue weighted by Crippen LogP contribution is -2.59. The summed E-state index contributed by atoms with van der Waals surface area (Å²) in [7, 11) is 3.82. The van der Waals surface area contributed by atoms with E-state index in [1.165, 1.54) is 12.4 Å². The van der Waals surface area contributed by atoms with Crippen LogP contribution in [0.15, 0.2) is 49.1 Å². The smallest absolute Gasteiger partial charge is 0.381 e.